The number of hydrogen-bond acceptors (Lipinski definition) is 6. The van der Waals surface area contributed by atoms with Crippen molar-refractivity contribution in [2.75, 3.05) is 6.54 Å². The number of aliphatic hydroxyl groups is 2. The molecule has 2 atom stereocenters. The van der Waals surface area contributed by atoms with Crippen LogP contribution in [-0.2, 0) is 11.3 Å². The van der Waals surface area contributed by atoms with Gasteiger partial charge >= 0.3 is 6.09 Å². The fraction of sp³-hybridized carbons (Fsp3) is 0.286. The average Bonchev–Trinajstić information content (AvgIpc) is 3.05. The van der Waals surface area contributed by atoms with E-state index < -0.39 is 18.3 Å². The lowest BCUT2D eigenvalue weighted by Gasteiger charge is -2.16. The zero-order valence-electron chi connectivity index (χ0n) is 11.2. The Morgan fingerprint density at radius 2 is 2.10 bits per heavy atom. The van der Waals surface area contributed by atoms with Crippen molar-refractivity contribution in [3.05, 3.63) is 52.5 Å². The van der Waals surface area contributed by atoms with Crippen LogP contribution in [0.4, 0.5) is 4.79 Å². The quantitative estimate of drug-likeness (QED) is 0.751. The monoisotopic (exact) mass is 308 g/mol. The van der Waals surface area contributed by atoms with Gasteiger partial charge in [0.2, 0.25) is 0 Å². The molecule has 3 N–H and O–H groups in total. The van der Waals surface area contributed by atoms with Gasteiger partial charge in [0.25, 0.3) is 0 Å². The van der Waals surface area contributed by atoms with E-state index in [1.165, 1.54) is 11.3 Å². The molecule has 1 amide bonds. The second-order valence-electron chi connectivity index (χ2n) is 4.37. The minimum absolute atomic E-state index is 0.119. The predicted octanol–water partition coefficient (Wildman–Crippen LogP) is 1.46. The number of nitrogens with zero attached hydrogens (tertiary/aromatic N) is 1. The fourth-order valence-electron chi connectivity index (χ4n) is 1.64. The molecule has 2 unspecified atom stereocenters. The normalized spacial score (nSPS) is 13.4. The van der Waals surface area contributed by atoms with Gasteiger partial charge in [-0.25, -0.2) is 9.78 Å². The van der Waals surface area contributed by atoms with E-state index in [0.29, 0.717) is 5.69 Å². The number of aromatic nitrogens is 1. The van der Waals surface area contributed by atoms with E-state index in [4.69, 9.17) is 4.74 Å². The molecule has 0 bridgehead atoms. The summed E-state index contributed by atoms with van der Waals surface area (Å²) in [6.45, 7) is 0.0315. The van der Waals surface area contributed by atoms with Crippen LogP contribution in [0.15, 0.2) is 41.2 Å². The number of carbonyl (C=O) groups is 1. The summed E-state index contributed by atoms with van der Waals surface area (Å²) in [6.07, 6.45) is -2.93. The van der Waals surface area contributed by atoms with Gasteiger partial charge in [0.05, 0.1) is 11.2 Å². The highest BCUT2D eigenvalue weighted by Crippen LogP contribution is 2.16. The van der Waals surface area contributed by atoms with Crippen LogP contribution in [0, 0.1) is 0 Å². The van der Waals surface area contributed by atoms with Gasteiger partial charge in [-0.1, -0.05) is 30.3 Å². The first-order chi connectivity index (χ1) is 10.2. The van der Waals surface area contributed by atoms with Crippen molar-refractivity contribution >= 4 is 17.4 Å². The Bertz CT molecular complexity index is 547. The fourth-order valence-corrected chi connectivity index (χ4v) is 2.22. The first kappa shape index (κ1) is 15.4. The first-order valence-electron chi connectivity index (χ1n) is 6.35. The number of ether oxygens (including phenoxy) is 1. The van der Waals surface area contributed by atoms with E-state index in [0.717, 1.165) is 5.56 Å². The SMILES string of the molecule is O=C(NCC(O)C(O)c1cscn1)OCc1ccccc1. The summed E-state index contributed by atoms with van der Waals surface area (Å²) in [5.41, 5.74) is 2.81. The van der Waals surface area contributed by atoms with Crippen molar-refractivity contribution in [1.29, 1.82) is 0 Å². The van der Waals surface area contributed by atoms with Crippen LogP contribution in [0.1, 0.15) is 17.4 Å². The smallest absolute Gasteiger partial charge is 0.407 e. The molecule has 112 valence electrons. The lowest BCUT2D eigenvalue weighted by molar-refractivity contribution is 0.0163. The van der Waals surface area contributed by atoms with E-state index >= 15 is 0 Å². The summed E-state index contributed by atoms with van der Waals surface area (Å²) in [4.78, 5) is 15.4. The summed E-state index contributed by atoms with van der Waals surface area (Å²) in [5.74, 6) is 0. The van der Waals surface area contributed by atoms with Crippen LogP contribution < -0.4 is 5.32 Å². The summed E-state index contributed by atoms with van der Waals surface area (Å²) < 4.78 is 4.99. The van der Waals surface area contributed by atoms with Gasteiger partial charge in [-0.2, -0.15) is 0 Å². The molecule has 2 aromatic rings. The molecule has 1 aromatic heterocycles. The molecule has 0 aliphatic heterocycles. The third kappa shape index (κ3) is 4.82. The van der Waals surface area contributed by atoms with E-state index in [-0.39, 0.29) is 13.2 Å². The summed E-state index contributed by atoms with van der Waals surface area (Å²) in [6, 6.07) is 9.26. The molecule has 0 saturated carbocycles. The lowest BCUT2D eigenvalue weighted by Crippen LogP contribution is -2.35. The zero-order valence-corrected chi connectivity index (χ0v) is 12.0. The second kappa shape index (κ2) is 7.72. The number of carbonyl (C=O) groups excluding carboxylic acids is 1. The third-order valence-electron chi connectivity index (χ3n) is 2.79. The molecule has 21 heavy (non-hydrogen) atoms. The summed E-state index contributed by atoms with van der Waals surface area (Å²) >= 11 is 1.32. The topological polar surface area (TPSA) is 91.7 Å². The lowest BCUT2D eigenvalue weighted by atomic mass is 10.1. The maximum Gasteiger partial charge on any atom is 0.407 e. The van der Waals surface area contributed by atoms with Crippen LogP contribution in [0.5, 0.6) is 0 Å². The highest BCUT2D eigenvalue weighted by molar-refractivity contribution is 7.07. The number of amides is 1. The predicted molar refractivity (Wildman–Crippen MR) is 77.7 cm³/mol. The van der Waals surface area contributed by atoms with Crippen LogP contribution in [-0.4, -0.2) is 33.9 Å². The number of hydrogen-bond donors (Lipinski definition) is 3. The maximum atomic E-state index is 11.5. The van der Waals surface area contributed by atoms with Gasteiger partial charge in [-0.3, -0.25) is 0 Å². The second-order valence-corrected chi connectivity index (χ2v) is 5.09. The van der Waals surface area contributed by atoms with E-state index in [1.54, 1.807) is 10.9 Å². The Morgan fingerprint density at radius 1 is 1.33 bits per heavy atom. The summed E-state index contributed by atoms with van der Waals surface area (Å²) in [7, 11) is 0. The molecule has 0 radical (unpaired) electrons. The Kier molecular flexibility index (Phi) is 5.68. The standard InChI is InChI=1S/C14H16N2O4S/c17-12(13(18)11-8-21-9-16-11)6-15-14(19)20-7-10-4-2-1-3-5-10/h1-5,8-9,12-13,17-18H,6-7H2,(H,15,19). The molecule has 2 rings (SSSR count). The Balaban J connectivity index is 1.71. The Morgan fingerprint density at radius 3 is 2.76 bits per heavy atom. The molecule has 0 spiro atoms. The van der Waals surface area contributed by atoms with Gasteiger partial charge in [-0.15, -0.1) is 11.3 Å². The molecular weight excluding hydrogens is 292 g/mol. The van der Waals surface area contributed by atoms with E-state index in [2.05, 4.69) is 10.3 Å². The molecule has 0 aliphatic carbocycles. The zero-order chi connectivity index (χ0) is 15.1. The number of alkyl carbamates (subject to hydrolysis) is 1. The molecule has 0 aliphatic rings. The van der Waals surface area contributed by atoms with Crippen molar-refractivity contribution < 1.29 is 19.7 Å². The average molecular weight is 308 g/mol. The van der Waals surface area contributed by atoms with Gasteiger partial charge < -0.3 is 20.3 Å². The van der Waals surface area contributed by atoms with Gasteiger partial charge in [0, 0.05) is 11.9 Å². The van der Waals surface area contributed by atoms with Crippen molar-refractivity contribution in [3.63, 3.8) is 0 Å². The highest BCUT2D eigenvalue weighted by atomic mass is 32.1. The molecule has 1 aromatic carbocycles. The molecule has 6 nitrogen and oxygen atoms in total. The number of thiazole rings is 1. The van der Waals surface area contributed by atoms with Crippen LogP contribution in [0.3, 0.4) is 0 Å². The number of aliphatic hydroxyl groups excluding tert-OH is 2. The molecule has 1 heterocycles. The highest BCUT2D eigenvalue weighted by Gasteiger charge is 2.20. The minimum Gasteiger partial charge on any atom is -0.445 e. The Hall–Kier alpha value is -1.96. The van der Waals surface area contributed by atoms with Crippen molar-refractivity contribution in [1.82, 2.24) is 10.3 Å². The van der Waals surface area contributed by atoms with E-state index in [9.17, 15) is 15.0 Å². The van der Waals surface area contributed by atoms with Crippen LogP contribution in [0.25, 0.3) is 0 Å². The Labute approximate surface area is 126 Å². The van der Waals surface area contributed by atoms with Crippen molar-refractivity contribution in [3.8, 4) is 0 Å². The number of nitrogens with one attached hydrogen (secondary N) is 1. The van der Waals surface area contributed by atoms with Crippen LogP contribution >= 0.6 is 11.3 Å². The summed E-state index contributed by atoms with van der Waals surface area (Å²) in [5, 5.41) is 23.6. The molecule has 7 heteroatoms. The van der Waals surface area contributed by atoms with E-state index in [1.807, 2.05) is 30.3 Å². The van der Waals surface area contributed by atoms with Crippen molar-refractivity contribution in [2.24, 2.45) is 0 Å². The van der Waals surface area contributed by atoms with Crippen LogP contribution in [0.2, 0.25) is 0 Å². The molecule has 0 saturated heterocycles. The number of benzene rings is 1. The van der Waals surface area contributed by atoms with Crippen molar-refractivity contribution in [2.45, 2.75) is 18.8 Å². The minimum atomic E-state index is -1.14. The molecule has 0 fully saturated rings. The van der Waals surface area contributed by atoms with Gasteiger partial charge in [0.15, 0.2) is 0 Å². The molecular formula is C14H16N2O4S. The van der Waals surface area contributed by atoms with Gasteiger partial charge in [-0.05, 0) is 5.56 Å². The van der Waals surface area contributed by atoms with Gasteiger partial charge in [0.1, 0.15) is 18.8 Å². The third-order valence-corrected chi connectivity index (χ3v) is 3.39. The largest absolute Gasteiger partial charge is 0.445 e. The first-order valence-corrected chi connectivity index (χ1v) is 7.30. The number of rotatable bonds is 6. The maximum absolute atomic E-state index is 11.5.